The second kappa shape index (κ2) is 5.56. The highest BCUT2D eigenvalue weighted by Crippen LogP contribution is 1.91. The van der Waals surface area contributed by atoms with E-state index in [9.17, 15) is 0 Å². The molecule has 0 bridgehead atoms. The van der Waals surface area contributed by atoms with E-state index in [1.165, 1.54) is 0 Å². The van der Waals surface area contributed by atoms with Crippen LogP contribution in [0.3, 0.4) is 0 Å². The van der Waals surface area contributed by atoms with Crippen molar-refractivity contribution in [3.8, 4) is 0 Å². The van der Waals surface area contributed by atoms with E-state index in [-0.39, 0.29) is 0 Å². The SMILES string of the molecule is C1=CNOC=C1.c1ccsc1. The first-order valence-electron chi connectivity index (χ1n) is 3.20. The van der Waals surface area contributed by atoms with Gasteiger partial charge in [-0.2, -0.15) is 11.3 Å². The Morgan fingerprint density at radius 1 is 1.09 bits per heavy atom. The fourth-order valence-corrected chi connectivity index (χ4v) is 0.938. The molecule has 0 saturated heterocycles. The lowest BCUT2D eigenvalue weighted by atomic mass is 10.6. The van der Waals surface area contributed by atoms with Crippen LogP contribution in [-0.2, 0) is 4.84 Å². The number of thiophene rings is 1. The zero-order chi connectivity index (χ0) is 7.78. The Balaban J connectivity index is 0.000000112. The average Bonchev–Trinajstić information content (AvgIpc) is 2.64. The van der Waals surface area contributed by atoms with E-state index in [2.05, 4.69) is 10.3 Å². The molecule has 3 heteroatoms. The van der Waals surface area contributed by atoms with Crippen LogP contribution in [-0.4, -0.2) is 0 Å². The molecule has 1 aromatic heterocycles. The Hall–Kier alpha value is -1.22. The monoisotopic (exact) mass is 167 g/mol. The van der Waals surface area contributed by atoms with Crippen molar-refractivity contribution in [1.29, 1.82) is 0 Å². The Morgan fingerprint density at radius 2 is 1.91 bits per heavy atom. The van der Waals surface area contributed by atoms with Gasteiger partial charge in [0.1, 0.15) is 6.26 Å². The van der Waals surface area contributed by atoms with Crippen molar-refractivity contribution < 1.29 is 4.84 Å². The van der Waals surface area contributed by atoms with Crippen LogP contribution < -0.4 is 5.48 Å². The molecule has 0 aliphatic carbocycles. The first-order chi connectivity index (χ1) is 5.50. The number of hydroxylamine groups is 1. The molecule has 1 aliphatic rings. The molecule has 0 fully saturated rings. The molecule has 0 atom stereocenters. The molecule has 58 valence electrons. The van der Waals surface area contributed by atoms with Gasteiger partial charge in [0, 0.05) is 6.20 Å². The number of nitrogens with one attached hydrogen (secondary N) is 1. The predicted octanol–water partition coefficient (Wildman–Crippen LogP) is 2.30. The summed E-state index contributed by atoms with van der Waals surface area (Å²) in [5, 5.41) is 4.08. The van der Waals surface area contributed by atoms with Crippen molar-refractivity contribution in [2.24, 2.45) is 0 Å². The molecule has 2 rings (SSSR count). The molecular formula is C8H9NOS. The van der Waals surface area contributed by atoms with E-state index in [0.717, 1.165) is 0 Å². The maximum absolute atomic E-state index is 4.55. The summed E-state index contributed by atoms with van der Waals surface area (Å²) >= 11 is 1.71. The average molecular weight is 167 g/mol. The zero-order valence-electron chi connectivity index (χ0n) is 5.94. The third kappa shape index (κ3) is 4.22. The van der Waals surface area contributed by atoms with E-state index >= 15 is 0 Å². The Kier molecular flexibility index (Phi) is 3.98. The molecule has 11 heavy (non-hydrogen) atoms. The summed E-state index contributed by atoms with van der Waals surface area (Å²) in [6, 6.07) is 4.04. The highest BCUT2D eigenvalue weighted by atomic mass is 32.1. The lowest BCUT2D eigenvalue weighted by molar-refractivity contribution is 0.172. The minimum atomic E-state index is 1.57. The molecule has 1 aliphatic heterocycles. The van der Waals surface area contributed by atoms with Crippen LogP contribution in [0.2, 0.25) is 0 Å². The first-order valence-corrected chi connectivity index (χ1v) is 4.14. The van der Waals surface area contributed by atoms with E-state index in [0.29, 0.717) is 0 Å². The van der Waals surface area contributed by atoms with Crippen LogP contribution in [0.15, 0.2) is 47.5 Å². The van der Waals surface area contributed by atoms with Crippen molar-refractivity contribution in [3.05, 3.63) is 47.5 Å². The minimum Gasteiger partial charge on any atom is -0.391 e. The normalized spacial score (nSPS) is 12.4. The van der Waals surface area contributed by atoms with Gasteiger partial charge in [0.05, 0.1) is 0 Å². The Labute approximate surface area is 69.8 Å². The number of hydrogen-bond acceptors (Lipinski definition) is 3. The van der Waals surface area contributed by atoms with Gasteiger partial charge in [-0.3, -0.25) is 0 Å². The van der Waals surface area contributed by atoms with Crippen LogP contribution >= 0.6 is 11.3 Å². The second-order valence-electron chi connectivity index (χ2n) is 1.72. The molecule has 0 spiro atoms. The molecule has 0 amide bonds. The van der Waals surface area contributed by atoms with Crippen molar-refractivity contribution >= 4 is 11.3 Å². The smallest absolute Gasteiger partial charge is 0.119 e. The fourth-order valence-electron chi connectivity index (χ4n) is 0.485. The van der Waals surface area contributed by atoms with Crippen molar-refractivity contribution in [1.82, 2.24) is 5.48 Å². The molecule has 0 radical (unpaired) electrons. The molecule has 0 aromatic carbocycles. The van der Waals surface area contributed by atoms with Gasteiger partial charge in [0.25, 0.3) is 0 Å². The second-order valence-corrected chi connectivity index (χ2v) is 2.53. The first kappa shape index (κ1) is 7.88. The Morgan fingerprint density at radius 3 is 2.09 bits per heavy atom. The van der Waals surface area contributed by atoms with Gasteiger partial charge in [-0.1, -0.05) is 12.1 Å². The molecular weight excluding hydrogens is 158 g/mol. The summed E-state index contributed by atoms with van der Waals surface area (Å²) in [5.74, 6) is 0. The third-order valence-electron chi connectivity index (χ3n) is 0.915. The highest BCUT2D eigenvalue weighted by molar-refractivity contribution is 7.07. The lowest BCUT2D eigenvalue weighted by Gasteiger charge is -1.97. The molecule has 1 aromatic rings. The zero-order valence-corrected chi connectivity index (χ0v) is 6.75. The summed E-state index contributed by atoms with van der Waals surface area (Å²) in [6.07, 6.45) is 6.93. The summed E-state index contributed by atoms with van der Waals surface area (Å²) in [6.45, 7) is 0. The highest BCUT2D eigenvalue weighted by Gasteiger charge is 1.72. The maximum atomic E-state index is 4.55. The van der Waals surface area contributed by atoms with E-state index in [1.54, 1.807) is 29.9 Å². The number of allylic oxidation sites excluding steroid dienone is 2. The van der Waals surface area contributed by atoms with Gasteiger partial charge in [-0.05, 0) is 22.9 Å². The fraction of sp³-hybridized carbons (Fsp3) is 0. The summed E-state index contributed by atoms with van der Waals surface area (Å²) in [4.78, 5) is 4.55. The molecule has 1 N–H and O–H groups in total. The van der Waals surface area contributed by atoms with Gasteiger partial charge in [0.15, 0.2) is 0 Å². The molecule has 0 unspecified atom stereocenters. The van der Waals surface area contributed by atoms with Crippen LogP contribution in [0.4, 0.5) is 0 Å². The topological polar surface area (TPSA) is 21.3 Å². The lowest BCUT2D eigenvalue weighted by Crippen LogP contribution is -2.01. The number of hydrogen-bond donors (Lipinski definition) is 1. The quantitative estimate of drug-likeness (QED) is 0.640. The third-order valence-corrected chi connectivity index (χ3v) is 1.54. The van der Waals surface area contributed by atoms with Crippen LogP contribution in [0, 0.1) is 0 Å². The van der Waals surface area contributed by atoms with E-state index in [4.69, 9.17) is 0 Å². The maximum Gasteiger partial charge on any atom is 0.119 e. The van der Waals surface area contributed by atoms with Gasteiger partial charge in [-0.25, -0.2) is 5.48 Å². The Bertz CT molecular complexity index is 187. The van der Waals surface area contributed by atoms with Gasteiger partial charge >= 0.3 is 0 Å². The molecule has 0 saturated carbocycles. The summed E-state index contributed by atoms with van der Waals surface area (Å²) in [7, 11) is 0. The standard InChI is InChI=1S/C4H5NO.C4H4S/c1-2-4-6-5-3-1;1-2-4-5-3-1/h1-5H;1-4H. The van der Waals surface area contributed by atoms with Gasteiger partial charge < -0.3 is 4.84 Å². The molecule has 2 nitrogen and oxygen atoms in total. The van der Waals surface area contributed by atoms with Crippen molar-refractivity contribution in [2.45, 2.75) is 0 Å². The predicted molar refractivity (Wildman–Crippen MR) is 46.8 cm³/mol. The minimum absolute atomic E-state index is 1.57. The van der Waals surface area contributed by atoms with Crippen LogP contribution in [0.25, 0.3) is 0 Å². The van der Waals surface area contributed by atoms with Crippen molar-refractivity contribution in [3.63, 3.8) is 0 Å². The summed E-state index contributed by atoms with van der Waals surface area (Å²) < 4.78 is 0. The van der Waals surface area contributed by atoms with Crippen LogP contribution in [0.1, 0.15) is 0 Å². The van der Waals surface area contributed by atoms with Gasteiger partial charge in [-0.15, -0.1) is 0 Å². The largest absolute Gasteiger partial charge is 0.391 e. The van der Waals surface area contributed by atoms with E-state index in [1.807, 2.05) is 29.0 Å². The molecule has 2 heterocycles. The van der Waals surface area contributed by atoms with Crippen LogP contribution in [0.5, 0.6) is 0 Å². The van der Waals surface area contributed by atoms with E-state index < -0.39 is 0 Å². The van der Waals surface area contributed by atoms with Gasteiger partial charge in [0.2, 0.25) is 0 Å². The number of rotatable bonds is 0. The summed E-state index contributed by atoms with van der Waals surface area (Å²) in [5.41, 5.74) is 2.52. The van der Waals surface area contributed by atoms with Crippen molar-refractivity contribution in [2.75, 3.05) is 0 Å².